The normalized spacial score (nSPS) is 32.7. The van der Waals surface area contributed by atoms with E-state index in [2.05, 4.69) is 31.4 Å². The molecule has 2 fully saturated rings. The quantitative estimate of drug-likeness (QED) is 0.738. The Bertz CT molecular complexity index is 470. The lowest BCUT2D eigenvalue weighted by atomic mass is 9.68. The molecule has 2 bridgehead atoms. The number of carbonyl (C=O) groups excluding carboxylic acids is 2. The first-order valence-electron chi connectivity index (χ1n) is 7.47. The molecule has 2 aliphatic rings. The zero-order valence-corrected chi connectivity index (χ0v) is 12.9. The Kier molecular flexibility index (Phi) is 4.00. The van der Waals surface area contributed by atoms with Crippen LogP contribution >= 0.6 is 0 Å². The average molecular weight is 296 g/mol. The predicted molar refractivity (Wildman–Crippen MR) is 76.6 cm³/mol. The van der Waals surface area contributed by atoms with Crippen LogP contribution in [0.5, 0.6) is 0 Å². The topological polar surface area (TPSA) is 95.5 Å². The van der Waals surface area contributed by atoms with Gasteiger partial charge in [0.2, 0.25) is 5.91 Å². The number of amides is 3. The van der Waals surface area contributed by atoms with E-state index < -0.39 is 17.9 Å². The zero-order valence-electron chi connectivity index (χ0n) is 12.9. The summed E-state index contributed by atoms with van der Waals surface area (Å²) in [6, 6.07) is -0.478. The summed E-state index contributed by atoms with van der Waals surface area (Å²) in [5, 5.41) is 13.7. The molecule has 21 heavy (non-hydrogen) atoms. The summed E-state index contributed by atoms with van der Waals surface area (Å²) in [7, 11) is 0. The van der Waals surface area contributed by atoms with Crippen molar-refractivity contribution in [2.24, 2.45) is 16.7 Å². The molecule has 0 aromatic carbocycles. The van der Waals surface area contributed by atoms with E-state index >= 15 is 0 Å². The van der Waals surface area contributed by atoms with Gasteiger partial charge in [0, 0.05) is 12.5 Å². The molecule has 2 aliphatic carbocycles. The summed E-state index contributed by atoms with van der Waals surface area (Å²) >= 11 is 0. The Balaban J connectivity index is 1.91. The van der Waals surface area contributed by atoms with Gasteiger partial charge in [-0.3, -0.25) is 14.9 Å². The van der Waals surface area contributed by atoms with Gasteiger partial charge in [0.1, 0.15) is 0 Å². The van der Waals surface area contributed by atoms with E-state index in [0.29, 0.717) is 5.92 Å². The van der Waals surface area contributed by atoms with Crippen LogP contribution in [0.3, 0.4) is 0 Å². The van der Waals surface area contributed by atoms with Crippen molar-refractivity contribution in [2.45, 2.75) is 58.9 Å². The molecule has 0 radical (unpaired) electrons. The van der Waals surface area contributed by atoms with Gasteiger partial charge in [-0.2, -0.15) is 0 Å². The average Bonchev–Trinajstić information content (AvgIpc) is 2.83. The van der Waals surface area contributed by atoms with Gasteiger partial charge < -0.3 is 10.4 Å². The van der Waals surface area contributed by atoms with E-state index in [1.807, 2.05) is 0 Å². The van der Waals surface area contributed by atoms with Crippen molar-refractivity contribution in [2.75, 3.05) is 0 Å². The predicted octanol–water partition coefficient (Wildman–Crippen LogP) is 1.89. The van der Waals surface area contributed by atoms with Gasteiger partial charge in [-0.1, -0.05) is 20.8 Å². The molecule has 0 heterocycles. The molecule has 3 unspecified atom stereocenters. The third kappa shape index (κ3) is 3.04. The Labute approximate surface area is 124 Å². The van der Waals surface area contributed by atoms with Crippen LogP contribution in [0.2, 0.25) is 0 Å². The molecule has 0 spiro atoms. The molecule has 2 saturated carbocycles. The minimum absolute atomic E-state index is 0.0223. The van der Waals surface area contributed by atoms with Crippen LogP contribution in [-0.4, -0.2) is 29.1 Å². The van der Waals surface area contributed by atoms with Crippen molar-refractivity contribution in [3.8, 4) is 0 Å². The highest BCUT2D eigenvalue weighted by Gasteiger charge is 2.59. The van der Waals surface area contributed by atoms with E-state index in [1.165, 1.54) is 6.42 Å². The molecule has 6 heteroatoms. The Morgan fingerprint density at radius 3 is 2.38 bits per heavy atom. The van der Waals surface area contributed by atoms with Crippen molar-refractivity contribution >= 4 is 17.9 Å². The highest BCUT2D eigenvalue weighted by Crippen LogP contribution is 2.62. The lowest BCUT2D eigenvalue weighted by Gasteiger charge is -2.42. The molecule has 6 nitrogen and oxygen atoms in total. The number of carboxylic acid groups (broad SMARTS) is 1. The molecule has 3 atom stereocenters. The molecule has 118 valence electrons. The summed E-state index contributed by atoms with van der Waals surface area (Å²) < 4.78 is 0. The van der Waals surface area contributed by atoms with Gasteiger partial charge in [-0.15, -0.1) is 0 Å². The van der Waals surface area contributed by atoms with Crippen LogP contribution in [0.25, 0.3) is 0 Å². The molecule has 0 aliphatic heterocycles. The van der Waals surface area contributed by atoms with Gasteiger partial charge >= 0.3 is 12.0 Å². The largest absolute Gasteiger partial charge is 0.481 e. The number of rotatable bonds is 4. The molecule has 0 aromatic heterocycles. The van der Waals surface area contributed by atoms with Crippen molar-refractivity contribution in [1.29, 1.82) is 0 Å². The van der Waals surface area contributed by atoms with E-state index in [-0.39, 0.29) is 29.7 Å². The first kappa shape index (κ1) is 15.8. The number of fused-ring (bicyclic) bond motifs is 2. The minimum atomic E-state index is -1.05. The number of urea groups is 1. The molecular weight excluding hydrogens is 272 g/mol. The number of hydrogen-bond donors (Lipinski definition) is 3. The van der Waals surface area contributed by atoms with Crippen LogP contribution in [0.1, 0.15) is 52.9 Å². The first-order valence-corrected chi connectivity index (χ1v) is 7.47. The van der Waals surface area contributed by atoms with Crippen molar-refractivity contribution < 1.29 is 19.5 Å². The molecule has 0 saturated heterocycles. The fourth-order valence-electron chi connectivity index (χ4n) is 4.24. The van der Waals surface area contributed by atoms with Crippen molar-refractivity contribution in [3.05, 3.63) is 0 Å². The van der Waals surface area contributed by atoms with E-state index in [0.717, 1.165) is 12.8 Å². The number of nitrogens with one attached hydrogen (secondary N) is 2. The van der Waals surface area contributed by atoms with Gasteiger partial charge in [0.25, 0.3) is 0 Å². The van der Waals surface area contributed by atoms with Gasteiger partial charge in [0.15, 0.2) is 0 Å². The molecule has 3 N–H and O–H groups in total. The Hall–Kier alpha value is -1.59. The maximum atomic E-state index is 12.0. The summed E-state index contributed by atoms with van der Waals surface area (Å²) in [5.74, 6) is -0.996. The molecule has 3 amide bonds. The summed E-state index contributed by atoms with van der Waals surface area (Å²) in [6.45, 7) is 6.53. The maximum Gasteiger partial charge on any atom is 0.321 e. The highest BCUT2D eigenvalue weighted by molar-refractivity contribution is 5.95. The van der Waals surface area contributed by atoms with Gasteiger partial charge in [-0.05, 0) is 36.0 Å². The fourth-order valence-corrected chi connectivity index (χ4v) is 4.24. The molecule has 2 rings (SSSR count). The summed E-state index contributed by atoms with van der Waals surface area (Å²) in [4.78, 5) is 33.9. The maximum absolute atomic E-state index is 12.0. The monoisotopic (exact) mass is 296 g/mol. The first-order chi connectivity index (χ1) is 9.65. The Morgan fingerprint density at radius 1 is 1.19 bits per heavy atom. The SMILES string of the molecule is CC12CCC(C1)C(C)(C)C2NC(=O)NC(=O)CCC(=O)O. The second-order valence-corrected chi connectivity index (χ2v) is 7.26. The number of carbonyl (C=O) groups is 3. The van der Waals surface area contributed by atoms with Crippen molar-refractivity contribution in [1.82, 2.24) is 10.6 Å². The van der Waals surface area contributed by atoms with Gasteiger partial charge in [-0.25, -0.2) is 4.79 Å². The van der Waals surface area contributed by atoms with Crippen LogP contribution in [0.4, 0.5) is 4.79 Å². The van der Waals surface area contributed by atoms with E-state index in [9.17, 15) is 14.4 Å². The smallest absolute Gasteiger partial charge is 0.321 e. The van der Waals surface area contributed by atoms with Crippen LogP contribution in [-0.2, 0) is 9.59 Å². The number of carboxylic acids is 1. The molecular formula is C15H24N2O4. The zero-order chi connectivity index (χ0) is 15.8. The number of aliphatic carboxylic acids is 1. The van der Waals surface area contributed by atoms with Gasteiger partial charge in [0.05, 0.1) is 6.42 Å². The van der Waals surface area contributed by atoms with Crippen molar-refractivity contribution in [3.63, 3.8) is 0 Å². The lowest BCUT2D eigenvalue weighted by Crippen LogP contribution is -2.55. The Morgan fingerprint density at radius 2 is 1.86 bits per heavy atom. The van der Waals surface area contributed by atoms with Crippen LogP contribution in [0, 0.1) is 16.7 Å². The third-order valence-electron chi connectivity index (χ3n) is 5.36. The third-order valence-corrected chi connectivity index (χ3v) is 5.36. The standard InChI is InChI=1S/C15H24N2O4/c1-14(2)9-6-7-15(3,8-9)12(14)17-13(21)16-10(18)4-5-11(19)20/h9,12H,4-8H2,1-3H3,(H,19,20)(H2,16,17,18,21). The molecule has 0 aromatic rings. The fraction of sp³-hybridized carbons (Fsp3) is 0.800. The second kappa shape index (κ2) is 5.31. The minimum Gasteiger partial charge on any atom is -0.481 e. The number of hydrogen-bond acceptors (Lipinski definition) is 3. The summed E-state index contributed by atoms with van der Waals surface area (Å²) in [5.41, 5.74) is 0.115. The lowest BCUT2D eigenvalue weighted by molar-refractivity contribution is -0.138. The summed E-state index contributed by atoms with van der Waals surface area (Å²) in [6.07, 6.45) is 2.95. The van der Waals surface area contributed by atoms with Crippen LogP contribution in [0.15, 0.2) is 0 Å². The van der Waals surface area contributed by atoms with E-state index in [4.69, 9.17) is 5.11 Å². The van der Waals surface area contributed by atoms with Crippen LogP contribution < -0.4 is 10.6 Å². The highest BCUT2D eigenvalue weighted by atomic mass is 16.4. The number of imide groups is 1. The second-order valence-electron chi connectivity index (χ2n) is 7.26. The van der Waals surface area contributed by atoms with E-state index in [1.54, 1.807) is 0 Å².